The third kappa shape index (κ3) is 4.90. The molecule has 11 heteroatoms. The Kier molecular flexibility index (Phi) is 6.85. The van der Waals surface area contributed by atoms with Gasteiger partial charge in [-0.3, -0.25) is 24.0 Å². The maximum Gasteiger partial charge on any atom is 0.261 e. The highest BCUT2D eigenvalue weighted by molar-refractivity contribution is 7.18. The monoisotopic (exact) mass is 556 g/mol. The van der Waals surface area contributed by atoms with Crippen LogP contribution in [0.15, 0.2) is 60.8 Å². The number of carbonyl (C=O) groups is 3. The van der Waals surface area contributed by atoms with Crippen LogP contribution in [0.1, 0.15) is 36.0 Å². The highest BCUT2D eigenvalue weighted by atomic mass is 35.5. The predicted octanol–water partition coefficient (Wildman–Crippen LogP) is 5.23. The summed E-state index contributed by atoms with van der Waals surface area (Å²) in [7, 11) is 1.71. The first-order valence-corrected chi connectivity index (χ1v) is 12.8. The molecule has 0 fully saturated rings. The van der Waals surface area contributed by atoms with E-state index in [2.05, 4.69) is 10.4 Å². The summed E-state index contributed by atoms with van der Waals surface area (Å²) >= 11 is 13.8. The van der Waals surface area contributed by atoms with E-state index in [1.165, 1.54) is 18.3 Å². The van der Waals surface area contributed by atoms with Crippen molar-refractivity contribution in [1.29, 1.82) is 0 Å². The van der Waals surface area contributed by atoms with Gasteiger partial charge in [0.2, 0.25) is 0 Å². The first-order valence-electron chi connectivity index (χ1n) is 11.2. The molecule has 0 aliphatic carbocycles. The van der Waals surface area contributed by atoms with Gasteiger partial charge in [0.05, 0.1) is 39.0 Å². The zero-order valence-corrected chi connectivity index (χ0v) is 21.7. The van der Waals surface area contributed by atoms with Crippen LogP contribution in [0.2, 0.25) is 9.36 Å². The number of thiophene rings is 1. The molecule has 3 amide bonds. The Hall–Kier alpha value is -3.53. The van der Waals surface area contributed by atoms with E-state index in [0.717, 1.165) is 16.2 Å². The molecule has 1 N–H and O–H groups in total. The topological polar surface area (TPSA) is 84.3 Å². The van der Waals surface area contributed by atoms with Crippen molar-refractivity contribution in [3.63, 3.8) is 0 Å². The largest absolute Gasteiger partial charge is 0.346 e. The summed E-state index contributed by atoms with van der Waals surface area (Å²) in [4.78, 5) is 40.6. The van der Waals surface area contributed by atoms with Crippen LogP contribution in [0.3, 0.4) is 0 Å². The number of imide groups is 1. The molecule has 4 aromatic rings. The number of amides is 3. The van der Waals surface area contributed by atoms with E-state index < -0.39 is 29.6 Å². The molecule has 0 radical (unpaired) electrons. The van der Waals surface area contributed by atoms with E-state index in [9.17, 15) is 18.8 Å². The summed E-state index contributed by atoms with van der Waals surface area (Å²) in [5, 5.41) is 7.40. The first-order chi connectivity index (χ1) is 17.7. The van der Waals surface area contributed by atoms with Gasteiger partial charge in [0.25, 0.3) is 17.7 Å². The van der Waals surface area contributed by atoms with Crippen molar-refractivity contribution in [3.05, 3.63) is 97.5 Å². The molecule has 3 heterocycles. The van der Waals surface area contributed by atoms with Crippen LogP contribution in [0.25, 0.3) is 11.3 Å². The second-order valence-electron chi connectivity index (χ2n) is 8.53. The highest BCUT2D eigenvalue weighted by Crippen LogP contribution is 2.38. The van der Waals surface area contributed by atoms with Crippen molar-refractivity contribution in [2.24, 2.45) is 7.05 Å². The summed E-state index contributed by atoms with van der Waals surface area (Å²) in [5.41, 5.74) is 2.36. The van der Waals surface area contributed by atoms with Gasteiger partial charge in [-0.2, -0.15) is 5.10 Å². The van der Waals surface area contributed by atoms with Gasteiger partial charge in [0.15, 0.2) is 0 Å². The number of rotatable bonds is 7. The molecule has 0 unspecified atom stereocenters. The number of benzene rings is 2. The minimum Gasteiger partial charge on any atom is -0.346 e. The van der Waals surface area contributed by atoms with Gasteiger partial charge in [-0.1, -0.05) is 47.5 Å². The number of aryl methyl sites for hydroxylation is 1. The Morgan fingerprint density at radius 1 is 1.05 bits per heavy atom. The minimum atomic E-state index is -0.693. The molecular weight excluding hydrogens is 538 g/mol. The maximum absolute atomic E-state index is 13.9. The standard InChI is InChI=1S/C26H19Cl2FN4O3S/c1-32-22(20(27)12-30-32)19-11-21(37-23(19)28)24(34)31-16(10-14-5-4-6-15(29)9-14)13-33-25(35)17-7-2-3-8-18(17)26(33)36/h2-9,11-12,16H,10,13H2,1H3,(H,31,34)/t16-/m0/s1. The average Bonchev–Trinajstić information content (AvgIpc) is 3.48. The molecule has 37 heavy (non-hydrogen) atoms. The van der Waals surface area contributed by atoms with Crippen LogP contribution in [0.5, 0.6) is 0 Å². The number of nitrogens with zero attached hydrogens (tertiary/aromatic N) is 3. The third-order valence-corrected chi connectivity index (χ3v) is 7.68. The van der Waals surface area contributed by atoms with Gasteiger partial charge in [-0.25, -0.2) is 4.39 Å². The van der Waals surface area contributed by atoms with Crippen molar-refractivity contribution >= 4 is 52.3 Å². The molecule has 0 saturated carbocycles. The van der Waals surface area contributed by atoms with Crippen molar-refractivity contribution in [3.8, 4) is 11.3 Å². The molecule has 1 aliphatic rings. The van der Waals surface area contributed by atoms with Gasteiger partial charge in [-0.05, 0) is 42.3 Å². The quantitative estimate of drug-likeness (QED) is 0.316. The lowest BCUT2D eigenvalue weighted by Crippen LogP contribution is -2.46. The van der Waals surface area contributed by atoms with E-state index in [4.69, 9.17) is 23.2 Å². The zero-order valence-electron chi connectivity index (χ0n) is 19.4. The second-order valence-corrected chi connectivity index (χ2v) is 10.6. The lowest BCUT2D eigenvalue weighted by molar-refractivity contribution is 0.0629. The van der Waals surface area contributed by atoms with Crippen LogP contribution >= 0.6 is 34.5 Å². The lowest BCUT2D eigenvalue weighted by Gasteiger charge is -2.24. The summed E-state index contributed by atoms with van der Waals surface area (Å²) in [6.45, 7) is -0.0892. The summed E-state index contributed by atoms with van der Waals surface area (Å²) < 4.78 is 15.8. The molecule has 188 valence electrons. The van der Waals surface area contributed by atoms with Gasteiger partial charge in [0, 0.05) is 19.2 Å². The molecular formula is C26H19Cl2FN4O3S. The zero-order chi connectivity index (χ0) is 26.3. The molecule has 2 aromatic carbocycles. The Balaban J connectivity index is 1.42. The number of aromatic nitrogens is 2. The summed E-state index contributed by atoms with van der Waals surface area (Å²) in [5.74, 6) is -1.75. The molecule has 1 aliphatic heterocycles. The number of halogens is 3. The summed E-state index contributed by atoms with van der Waals surface area (Å²) in [6.07, 6.45) is 1.68. The molecule has 2 aromatic heterocycles. The first kappa shape index (κ1) is 25.1. The number of fused-ring (bicyclic) bond motifs is 1. The Morgan fingerprint density at radius 2 is 1.76 bits per heavy atom. The number of hydrogen-bond donors (Lipinski definition) is 1. The molecule has 7 nitrogen and oxygen atoms in total. The Labute approximate surface area is 225 Å². The molecule has 0 saturated heterocycles. The minimum absolute atomic E-state index is 0.0892. The average molecular weight is 557 g/mol. The van der Waals surface area contributed by atoms with E-state index in [1.807, 2.05) is 0 Å². The number of carbonyl (C=O) groups excluding carboxylic acids is 3. The van der Waals surface area contributed by atoms with Crippen LogP contribution in [0.4, 0.5) is 4.39 Å². The van der Waals surface area contributed by atoms with E-state index in [-0.39, 0.29) is 13.0 Å². The van der Waals surface area contributed by atoms with Gasteiger partial charge in [-0.15, -0.1) is 11.3 Å². The fraction of sp³-hybridized carbons (Fsp3) is 0.154. The van der Waals surface area contributed by atoms with Crippen LogP contribution < -0.4 is 5.32 Å². The summed E-state index contributed by atoms with van der Waals surface area (Å²) in [6, 6.07) is 13.4. The molecule has 1 atom stereocenters. The fourth-order valence-corrected chi connectivity index (χ4v) is 5.80. The van der Waals surface area contributed by atoms with Crippen LogP contribution in [-0.4, -0.2) is 45.0 Å². The van der Waals surface area contributed by atoms with Crippen molar-refractivity contribution < 1.29 is 18.8 Å². The SMILES string of the molecule is Cn1ncc(Cl)c1-c1cc(C(=O)N[C@@H](Cc2cccc(F)c2)CN2C(=O)c3ccccc3C2=O)sc1Cl. The van der Waals surface area contributed by atoms with E-state index in [1.54, 1.807) is 54.2 Å². The van der Waals surface area contributed by atoms with Crippen LogP contribution in [-0.2, 0) is 13.5 Å². The normalized spacial score (nSPS) is 13.7. The van der Waals surface area contributed by atoms with Crippen LogP contribution in [0, 0.1) is 5.82 Å². The molecule has 0 bridgehead atoms. The van der Waals surface area contributed by atoms with E-state index >= 15 is 0 Å². The Bertz CT molecular complexity index is 1500. The van der Waals surface area contributed by atoms with Gasteiger partial charge in [0.1, 0.15) is 10.2 Å². The van der Waals surface area contributed by atoms with Gasteiger partial charge < -0.3 is 5.32 Å². The van der Waals surface area contributed by atoms with Crippen molar-refractivity contribution in [2.45, 2.75) is 12.5 Å². The maximum atomic E-state index is 13.9. The molecule has 5 rings (SSSR count). The van der Waals surface area contributed by atoms with Crippen molar-refractivity contribution in [2.75, 3.05) is 6.54 Å². The Morgan fingerprint density at radius 3 is 2.38 bits per heavy atom. The predicted molar refractivity (Wildman–Crippen MR) is 140 cm³/mol. The number of nitrogens with one attached hydrogen (secondary N) is 1. The third-order valence-electron chi connectivity index (χ3n) is 6.05. The second kappa shape index (κ2) is 10.1. The smallest absolute Gasteiger partial charge is 0.261 e. The van der Waals surface area contributed by atoms with Crippen molar-refractivity contribution in [1.82, 2.24) is 20.0 Å². The highest BCUT2D eigenvalue weighted by Gasteiger charge is 2.37. The fourth-order valence-electron chi connectivity index (χ4n) is 4.35. The lowest BCUT2D eigenvalue weighted by atomic mass is 10.0. The molecule has 0 spiro atoms. The van der Waals surface area contributed by atoms with Gasteiger partial charge >= 0.3 is 0 Å². The van der Waals surface area contributed by atoms with E-state index in [0.29, 0.717) is 42.2 Å². The number of hydrogen-bond acceptors (Lipinski definition) is 5.